The van der Waals surface area contributed by atoms with E-state index < -0.39 is 0 Å². The van der Waals surface area contributed by atoms with Gasteiger partial charge in [0.2, 0.25) is 0 Å². The number of rotatable bonds is 5. The molecule has 2 aromatic carbocycles. The summed E-state index contributed by atoms with van der Waals surface area (Å²) in [6.07, 6.45) is 2.00. The Morgan fingerprint density at radius 2 is 1.88 bits per heavy atom. The molecule has 1 amide bonds. The Hall–Kier alpha value is -2.75. The van der Waals surface area contributed by atoms with Crippen LogP contribution in [-0.2, 0) is 0 Å². The van der Waals surface area contributed by atoms with Gasteiger partial charge in [-0.2, -0.15) is 0 Å². The van der Waals surface area contributed by atoms with E-state index in [-0.39, 0.29) is 5.91 Å². The molecule has 0 atom stereocenters. The molecule has 3 aromatic rings. The molecule has 0 radical (unpaired) electrons. The Balaban J connectivity index is 2.16. The molecule has 1 aromatic heterocycles. The highest BCUT2D eigenvalue weighted by Crippen LogP contribution is 2.27. The fraction of sp³-hybridized carbons (Fsp3) is 0.250. The number of aromatic nitrogens is 2. The zero-order valence-electron chi connectivity index (χ0n) is 14.0. The van der Waals surface area contributed by atoms with Crippen molar-refractivity contribution in [3.8, 4) is 11.3 Å². The first-order valence-electron chi connectivity index (χ1n) is 8.31. The van der Waals surface area contributed by atoms with Crippen LogP contribution in [0.4, 0.5) is 0 Å². The number of carbonyl (C=O) groups excluding carboxylic acids is 1. The molecule has 0 fully saturated rings. The number of fused-ring (bicyclic) bond motifs is 1. The van der Waals surface area contributed by atoms with Crippen molar-refractivity contribution in [2.75, 3.05) is 6.54 Å². The third kappa shape index (κ3) is 3.27. The number of nitrogens with zero attached hydrogens (tertiary/aromatic N) is 2. The number of aryl methyl sites for hydroxylation is 1. The third-order valence-corrected chi connectivity index (χ3v) is 4.01. The lowest BCUT2D eigenvalue weighted by molar-refractivity contribution is 0.0955. The highest BCUT2D eigenvalue weighted by molar-refractivity contribution is 6.10. The van der Waals surface area contributed by atoms with Gasteiger partial charge in [-0.3, -0.25) is 4.79 Å². The fourth-order valence-electron chi connectivity index (χ4n) is 2.71. The molecule has 4 nitrogen and oxygen atoms in total. The average molecular weight is 319 g/mol. The van der Waals surface area contributed by atoms with Gasteiger partial charge in [0, 0.05) is 17.5 Å². The second-order valence-electron chi connectivity index (χ2n) is 5.92. The molecule has 0 saturated heterocycles. The second-order valence-corrected chi connectivity index (χ2v) is 5.92. The topological polar surface area (TPSA) is 54.9 Å². The highest BCUT2D eigenvalue weighted by atomic mass is 16.1. The van der Waals surface area contributed by atoms with Gasteiger partial charge >= 0.3 is 0 Å². The minimum absolute atomic E-state index is 0.0900. The van der Waals surface area contributed by atoms with Crippen LogP contribution in [0.25, 0.3) is 22.2 Å². The van der Waals surface area contributed by atoms with Gasteiger partial charge in [0.1, 0.15) is 5.69 Å². The summed E-state index contributed by atoms with van der Waals surface area (Å²) in [5.74, 6) is -0.0900. The zero-order valence-corrected chi connectivity index (χ0v) is 14.0. The third-order valence-electron chi connectivity index (χ3n) is 4.01. The first kappa shape index (κ1) is 16.1. The SMILES string of the molecule is CCCCNC(=O)c1c(-c2ccccc2)nnc2ccc(C)cc12. The molecule has 4 heteroatoms. The van der Waals surface area contributed by atoms with Crippen molar-refractivity contribution in [2.45, 2.75) is 26.7 Å². The molecule has 0 spiro atoms. The van der Waals surface area contributed by atoms with Crippen molar-refractivity contribution in [1.82, 2.24) is 15.5 Å². The van der Waals surface area contributed by atoms with Crippen LogP contribution < -0.4 is 5.32 Å². The molecular formula is C20H21N3O. The molecule has 0 aliphatic heterocycles. The van der Waals surface area contributed by atoms with Crippen LogP contribution in [0.15, 0.2) is 48.5 Å². The lowest BCUT2D eigenvalue weighted by atomic mass is 10.00. The molecule has 1 N–H and O–H groups in total. The summed E-state index contributed by atoms with van der Waals surface area (Å²) in [5, 5.41) is 12.5. The minimum atomic E-state index is -0.0900. The van der Waals surface area contributed by atoms with Crippen LogP contribution in [0.1, 0.15) is 35.7 Å². The van der Waals surface area contributed by atoms with Crippen LogP contribution in [0.2, 0.25) is 0 Å². The Kier molecular flexibility index (Phi) is 4.85. The predicted molar refractivity (Wildman–Crippen MR) is 97.0 cm³/mol. The van der Waals surface area contributed by atoms with Crippen LogP contribution in [0.5, 0.6) is 0 Å². The van der Waals surface area contributed by atoms with E-state index in [1.807, 2.05) is 55.5 Å². The standard InChI is InChI=1S/C20H21N3O/c1-3-4-12-21-20(24)18-16-13-14(2)10-11-17(16)22-23-19(18)15-8-6-5-7-9-15/h5-11,13H,3-4,12H2,1-2H3,(H,21,24). The average Bonchev–Trinajstić information content (AvgIpc) is 2.61. The van der Waals surface area contributed by atoms with Gasteiger partial charge in [0.25, 0.3) is 5.91 Å². The van der Waals surface area contributed by atoms with Crippen LogP contribution in [0.3, 0.4) is 0 Å². The van der Waals surface area contributed by atoms with Crippen LogP contribution >= 0.6 is 0 Å². The van der Waals surface area contributed by atoms with Gasteiger partial charge in [0.05, 0.1) is 11.1 Å². The number of nitrogens with one attached hydrogen (secondary N) is 1. The van der Waals surface area contributed by atoms with Gasteiger partial charge < -0.3 is 5.32 Å². The van der Waals surface area contributed by atoms with E-state index in [1.165, 1.54) is 0 Å². The Labute approximate surface area is 141 Å². The fourth-order valence-corrected chi connectivity index (χ4v) is 2.71. The minimum Gasteiger partial charge on any atom is -0.352 e. The van der Waals surface area contributed by atoms with Crippen molar-refractivity contribution in [3.05, 3.63) is 59.7 Å². The number of hydrogen-bond donors (Lipinski definition) is 1. The Bertz CT molecular complexity index is 859. The van der Waals surface area contributed by atoms with E-state index in [0.29, 0.717) is 17.8 Å². The van der Waals surface area contributed by atoms with Crippen molar-refractivity contribution in [3.63, 3.8) is 0 Å². The lowest BCUT2D eigenvalue weighted by Crippen LogP contribution is -2.25. The molecule has 0 aliphatic carbocycles. The highest BCUT2D eigenvalue weighted by Gasteiger charge is 2.19. The second kappa shape index (κ2) is 7.21. The van der Waals surface area contributed by atoms with E-state index in [0.717, 1.165) is 34.9 Å². The van der Waals surface area contributed by atoms with Crippen molar-refractivity contribution in [1.29, 1.82) is 0 Å². The maximum absolute atomic E-state index is 12.9. The van der Waals surface area contributed by atoms with E-state index in [4.69, 9.17) is 0 Å². The number of carbonyl (C=O) groups is 1. The number of unbranched alkanes of at least 4 members (excludes halogenated alkanes) is 1. The number of hydrogen-bond acceptors (Lipinski definition) is 3. The van der Waals surface area contributed by atoms with Gasteiger partial charge in [0.15, 0.2) is 0 Å². The summed E-state index contributed by atoms with van der Waals surface area (Å²) in [6.45, 7) is 4.79. The molecule has 122 valence electrons. The summed E-state index contributed by atoms with van der Waals surface area (Å²) >= 11 is 0. The molecular weight excluding hydrogens is 298 g/mol. The quantitative estimate of drug-likeness (QED) is 0.719. The van der Waals surface area contributed by atoms with Gasteiger partial charge in [-0.15, -0.1) is 10.2 Å². The summed E-state index contributed by atoms with van der Waals surface area (Å²) in [4.78, 5) is 12.9. The van der Waals surface area contributed by atoms with Crippen molar-refractivity contribution < 1.29 is 4.79 Å². The molecule has 24 heavy (non-hydrogen) atoms. The lowest BCUT2D eigenvalue weighted by Gasteiger charge is -2.12. The zero-order chi connectivity index (χ0) is 16.9. The molecule has 3 rings (SSSR count). The predicted octanol–water partition coefficient (Wildman–Crippen LogP) is 4.14. The molecule has 0 aliphatic rings. The Morgan fingerprint density at radius 3 is 2.62 bits per heavy atom. The first-order chi connectivity index (χ1) is 11.7. The number of amides is 1. The van der Waals surface area contributed by atoms with Gasteiger partial charge in [-0.25, -0.2) is 0 Å². The maximum atomic E-state index is 12.9. The molecule has 0 unspecified atom stereocenters. The van der Waals surface area contributed by atoms with Crippen molar-refractivity contribution >= 4 is 16.8 Å². The van der Waals surface area contributed by atoms with Gasteiger partial charge in [-0.1, -0.05) is 55.3 Å². The van der Waals surface area contributed by atoms with E-state index in [9.17, 15) is 4.79 Å². The maximum Gasteiger partial charge on any atom is 0.254 e. The van der Waals surface area contributed by atoms with E-state index in [1.54, 1.807) is 0 Å². The molecule has 0 bridgehead atoms. The summed E-state index contributed by atoms with van der Waals surface area (Å²) < 4.78 is 0. The largest absolute Gasteiger partial charge is 0.352 e. The Morgan fingerprint density at radius 1 is 1.08 bits per heavy atom. The summed E-state index contributed by atoms with van der Waals surface area (Å²) in [5.41, 5.74) is 3.96. The summed E-state index contributed by atoms with van der Waals surface area (Å²) in [6, 6.07) is 15.6. The van der Waals surface area contributed by atoms with Crippen LogP contribution in [-0.4, -0.2) is 22.6 Å². The summed E-state index contributed by atoms with van der Waals surface area (Å²) in [7, 11) is 0. The van der Waals surface area contributed by atoms with E-state index in [2.05, 4.69) is 22.4 Å². The monoisotopic (exact) mass is 319 g/mol. The molecule has 0 saturated carbocycles. The smallest absolute Gasteiger partial charge is 0.254 e. The van der Waals surface area contributed by atoms with Crippen LogP contribution in [0, 0.1) is 6.92 Å². The van der Waals surface area contributed by atoms with Gasteiger partial charge in [-0.05, 0) is 25.5 Å². The van der Waals surface area contributed by atoms with Crippen molar-refractivity contribution in [2.24, 2.45) is 0 Å². The first-order valence-corrected chi connectivity index (χ1v) is 8.31. The molecule has 1 heterocycles. The number of benzene rings is 2. The van der Waals surface area contributed by atoms with E-state index >= 15 is 0 Å². The normalized spacial score (nSPS) is 10.8.